The van der Waals surface area contributed by atoms with Crippen molar-refractivity contribution in [3.63, 3.8) is 0 Å². The average molecular weight is 250 g/mol. The van der Waals surface area contributed by atoms with Crippen molar-refractivity contribution < 1.29 is 14.7 Å². The first-order valence-electron chi connectivity index (χ1n) is 5.87. The maximum atomic E-state index is 11.5. The second kappa shape index (κ2) is 7.45. The first-order chi connectivity index (χ1) is 8.61. The van der Waals surface area contributed by atoms with Gasteiger partial charge in [-0.15, -0.1) is 0 Å². The number of carbonyl (C=O) groups is 2. The monoisotopic (exact) mass is 250 g/mol. The van der Waals surface area contributed by atoms with E-state index in [9.17, 15) is 9.59 Å². The molecule has 0 spiro atoms. The Balaban J connectivity index is 2.53. The minimum atomic E-state index is -0.821. The fourth-order valence-corrected chi connectivity index (χ4v) is 1.52. The highest BCUT2D eigenvalue weighted by molar-refractivity contribution is 5.90. The van der Waals surface area contributed by atoms with E-state index in [1.165, 1.54) is 0 Å². The number of aliphatic carboxylic acids is 1. The molecule has 0 aliphatic carbocycles. The van der Waals surface area contributed by atoms with Crippen molar-refractivity contribution in [1.29, 1.82) is 0 Å². The number of hydrogen-bond acceptors (Lipinski definition) is 3. The van der Waals surface area contributed by atoms with Crippen LogP contribution in [0.5, 0.6) is 0 Å². The molecule has 0 radical (unpaired) electrons. The molecule has 1 amide bonds. The number of nitrogens with one attached hydrogen (secondary N) is 2. The van der Waals surface area contributed by atoms with Crippen LogP contribution in [0.1, 0.15) is 18.4 Å². The highest BCUT2D eigenvalue weighted by Gasteiger charge is 2.03. The summed E-state index contributed by atoms with van der Waals surface area (Å²) in [6.45, 7) is 0.630. The van der Waals surface area contributed by atoms with Crippen LogP contribution in [-0.2, 0) is 16.0 Å². The number of aryl methyl sites for hydroxylation is 1. The van der Waals surface area contributed by atoms with E-state index in [2.05, 4.69) is 10.6 Å². The SMILES string of the molecule is CNCCC(=O)Nc1cccc(CCC(=O)O)c1. The van der Waals surface area contributed by atoms with Gasteiger partial charge in [0.15, 0.2) is 0 Å². The van der Waals surface area contributed by atoms with Crippen LogP contribution in [0.2, 0.25) is 0 Å². The minimum Gasteiger partial charge on any atom is -0.481 e. The second-order valence-corrected chi connectivity index (χ2v) is 4.00. The minimum absolute atomic E-state index is 0.0558. The van der Waals surface area contributed by atoms with Gasteiger partial charge in [0.2, 0.25) is 5.91 Å². The van der Waals surface area contributed by atoms with Crippen molar-refractivity contribution in [2.24, 2.45) is 0 Å². The molecule has 5 nitrogen and oxygen atoms in total. The van der Waals surface area contributed by atoms with Crippen molar-refractivity contribution in [3.05, 3.63) is 29.8 Å². The van der Waals surface area contributed by atoms with Crippen molar-refractivity contribution in [1.82, 2.24) is 5.32 Å². The molecule has 1 aromatic rings. The van der Waals surface area contributed by atoms with Crippen LogP contribution in [0, 0.1) is 0 Å². The van der Waals surface area contributed by atoms with E-state index in [0.29, 0.717) is 25.1 Å². The lowest BCUT2D eigenvalue weighted by atomic mass is 10.1. The van der Waals surface area contributed by atoms with Crippen molar-refractivity contribution in [2.75, 3.05) is 18.9 Å². The molecule has 0 atom stereocenters. The Labute approximate surface area is 106 Å². The molecule has 1 rings (SSSR count). The van der Waals surface area contributed by atoms with E-state index in [1.807, 2.05) is 12.1 Å². The number of hydrogen-bond donors (Lipinski definition) is 3. The van der Waals surface area contributed by atoms with Gasteiger partial charge in [0.25, 0.3) is 0 Å². The van der Waals surface area contributed by atoms with Gasteiger partial charge in [-0.25, -0.2) is 0 Å². The lowest BCUT2D eigenvalue weighted by Crippen LogP contribution is -2.18. The van der Waals surface area contributed by atoms with Gasteiger partial charge in [-0.2, -0.15) is 0 Å². The number of rotatable bonds is 7. The molecule has 0 aliphatic heterocycles. The normalized spacial score (nSPS) is 10.1. The lowest BCUT2D eigenvalue weighted by Gasteiger charge is -2.07. The Morgan fingerprint density at radius 1 is 1.28 bits per heavy atom. The van der Waals surface area contributed by atoms with Gasteiger partial charge in [-0.1, -0.05) is 12.1 Å². The standard InChI is InChI=1S/C13H18N2O3/c1-14-8-7-12(16)15-11-4-2-3-10(9-11)5-6-13(17)18/h2-4,9,14H,5-8H2,1H3,(H,15,16)(H,17,18). The largest absolute Gasteiger partial charge is 0.481 e. The van der Waals surface area contributed by atoms with E-state index < -0.39 is 5.97 Å². The number of anilines is 1. The van der Waals surface area contributed by atoms with E-state index in [0.717, 1.165) is 5.56 Å². The molecular formula is C13H18N2O3. The van der Waals surface area contributed by atoms with Crippen LogP contribution >= 0.6 is 0 Å². The van der Waals surface area contributed by atoms with Gasteiger partial charge in [0, 0.05) is 25.1 Å². The first-order valence-corrected chi connectivity index (χ1v) is 5.87. The quantitative estimate of drug-likeness (QED) is 0.680. The zero-order valence-electron chi connectivity index (χ0n) is 10.4. The van der Waals surface area contributed by atoms with Crippen LogP contribution < -0.4 is 10.6 Å². The molecule has 0 fully saturated rings. The van der Waals surface area contributed by atoms with Crippen molar-refractivity contribution in [3.8, 4) is 0 Å². The summed E-state index contributed by atoms with van der Waals surface area (Å²) in [4.78, 5) is 22.0. The van der Waals surface area contributed by atoms with Crippen LogP contribution in [0.25, 0.3) is 0 Å². The van der Waals surface area contributed by atoms with Crippen LogP contribution in [0.15, 0.2) is 24.3 Å². The molecule has 0 heterocycles. The Morgan fingerprint density at radius 3 is 2.72 bits per heavy atom. The summed E-state index contributed by atoms with van der Waals surface area (Å²) in [7, 11) is 1.79. The number of benzene rings is 1. The summed E-state index contributed by atoms with van der Waals surface area (Å²) in [5, 5.41) is 14.3. The van der Waals surface area contributed by atoms with Gasteiger partial charge < -0.3 is 15.7 Å². The predicted octanol–water partition coefficient (Wildman–Crippen LogP) is 1.25. The van der Waals surface area contributed by atoms with E-state index in [4.69, 9.17) is 5.11 Å². The Morgan fingerprint density at radius 2 is 2.06 bits per heavy atom. The number of carbonyl (C=O) groups excluding carboxylic acids is 1. The molecule has 18 heavy (non-hydrogen) atoms. The maximum Gasteiger partial charge on any atom is 0.303 e. The third-order valence-electron chi connectivity index (χ3n) is 2.44. The summed E-state index contributed by atoms with van der Waals surface area (Å²) in [6, 6.07) is 7.26. The van der Waals surface area contributed by atoms with E-state index in [1.54, 1.807) is 19.2 Å². The van der Waals surface area contributed by atoms with E-state index >= 15 is 0 Å². The first kappa shape index (κ1) is 14.2. The van der Waals surface area contributed by atoms with Crippen LogP contribution in [0.4, 0.5) is 5.69 Å². The van der Waals surface area contributed by atoms with Gasteiger partial charge in [0.1, 0.15) is 0 Å². The molecule has 98 valence electrons. The molecule has 0 aromatic heterocycles. The molecule has 0 unspecified atom stereocenters. The van der Waals surface area contributed by atoms with E-state index in [-0.39, 0.29) is 12.3 Å². The van der Waals surface area contributed by atoms with Gasteiger partial charge in [0.05, 0.1) is 0 Å². The molecular weight excluding hydrogens is 232 g/mol. The summed E-state index contributed by atoms with van der Waals surface area (Å²) in [6.07, 6.45) is 0.975. The number of amides is 1. The molecule has 0 aliphatic rings. The Bertz CT molecular complexity index is 418. The Kier molecular flexibility index (Phi) is 5.87. The number of carboxylic acid groups (broad SMARTS) is 1. The smallest absolute Gasteiger partial charge is 0.303 e. The van der Waals surface area contributed by atoms with Gasteiger partial charge in [-0.3, -0.25) is 9.59 Å². The highest BCUT2D eigenvalue weighted by Crippen LogP contribution is 2.12. The zero-order valence-corrected chi connectivity index (χ0v) is 10.4. The van der Waals surface area contributed by atoms with Gasteiger partial charge in [-0.05, 0) is 31.2 Å². The third kappa shape index (κ3) is 5.45. The molecule has 0 saturated heterocycles. The number of carboxylic acids is 1. The average Bonchev–Trinajstić information content (AvgIpc) is 2.34. The topological polar surface area (TPSA) is 78.4 Å². The fraction of sp³-hybridized carbons (Fsp3) is 0.385. The summed E-state index contributed by atoms with van der Waals surface area (Å²) >= 11 is 0. The fourth-order valence-electron chi connectivity index (χ4n) is 1.52. The zero-order chi connectivity index (χ0) is 13.4. The van der Waals surface area contributed by atoms with Crippen molar-refractivity contribution in [2.45, 2.75) is 19.3 Å². The van der Waals surface area contributed by atoms with Crippen LogP contribution in [0.3, 0.4) is 0 Å². The van der Waals surface area contributed by atoms with Crippen LogP contribution in [-0.4, -0.2) is 30.6 Å². The summed E-state index contributed by atoms with van der Waals surface area (Å²) < 4.78 is 0. The molecule has 1 aromatic carbocycles. The molecule has 0 saturated carbocycles. The molecule has 3 N–H and O–H groups in total. The summed E-state index contributed by atoms with van der Waals surface area (Å²) in [5.74, 6) is -0.877. The summed E-state index contributed by atoms with van der Waals surface area (Å²) in [5.41, 5.74) is 1.61. The highest BCUT2D eigenvalue weighted by atomic mass is 16.4. The molecule has 0 bridgehead atoms. The second-order valence-electron chi connectivity index (χ2n) is 4.00. The third-order valence-corrected chi connectivity index (χ3v) is 2.44. The maximum absolute atomic E-state index is 11.5. The predicted molar refractivity (Wildman–Crippen MR) is 69.6 cm³/mol. The Hall–Kier alpha value is -1.88. The lowest BCUT2D eigenvalue weighted by molar-refractivity contribution is -0.137. The van der Waals surface area contributed by atoms with Crippen molar-refractivity contribution >= 4 is 17.6 Å². The molecule has 5 heteroatoms. The van der Waals surface area contributed by atoms with Gasteiger partial charge >= 0.3 is 5.97 Å².